The van der Waals surface area contributed by atoms with Crippen molar-refractivity contribution in [2.45, 2.75) is 118 Å². The molecule has 4 heterocycles. The average molecular weight is 737 g/mol. The Morgan fingerprint density at radius 2 is 1.75 bits per heavy atom. The Balaban J connectivity index is 1.59. The topological polar surface area (TPSA) is 238 Å². The SMILES string of the molecule is C[C@@H]1C/C=C/C=C/C=C/C=C/C(OC2OC[C@@H](O)[C@H](N)[C@@H]2O)C[C@@H]2OC(O)(CC(O)CC3O[C@@H]3/C=C/C(=O)O1)C[C@H](O)C2NC(=O)NCCN(C)C. The number of cyclic esters (lactones) is 1. The van der Waals surface area contributed by atoms with Crippen molar-refractivity contribution >= 4 is 12.0 Å². The van der Waals surface area contributed by atoms with Crippen LogP contribution in [0.2, 0.25) is 0 Å². The molecule has 0 aliphatic carbocycles. The number of hydrogen-bond acceptors (Lipinski definition) is 14. The fourth-order valence-corrected chi connectivity index (χ4v) is 6.22. The van der Waals surface area contributed by atoms with Gasteiger partial charge >= 0.3 is 12.0 Å². The van der Waals surface area contributed by atoms with Crippen LogP contribution in [0.15, 0.2) is 60.8 Å². The number of rotatable bonds is 6. The molecule has 2 amide bonds. The molecule has 9 N–H and O–H groups in total. The molecule has 292 valence electrons. The first kappa shape index (κ1) is 41.8. The molecule has 0 aromatic rings. The lowest BCUT2D eigenvalue weighted by Gasteiger charge is -2.46. The molecule has 3 fully saturated rings. The van der Waals surface area contributed by atoms with E-state index in [1.54, 1.807) is 49.5 Å². The number of esters is 1. The van der Waals surface area contributed by atoms with E-state index in [0.29, 0.717) is 19.5 Å². The van der Waals surface area contributed by atoms with Crippen LogP contribution in [0.5, 0.6) is 0 Å². The number of allylic oxidation sites excluding steroid dienone is 6. The number of hydrogen-bond donors (Lipinski definition) is 8. The minimum absolute atomic E-state index is 0.0573. The highest BCUT2D eigenvalue weighted by Crippen LogP contribution is 2.36. The number of likely N-dealkylation sites (N-methyl/N-ethyl adjacent to an activating group) is 1. The van der Waals surface area contributed by atoms with Crippen LogP contribution in [0, 0.1) is 0 Å². The number of urea groups is 1. The van der Waals surface area contributed by atoms with Gasteiger partial charge in [0.15, 0.2) is 12.1 Å². The van der Waals surface area contributed by atoms with Crippen LogP contribution < -0.4 is 16.4 Å². The first-order chi connectivity index (χ1) is 24.7. The van der Waals surface area contributed by atoms with Gasteiger partial charge in [-0.2, -0.15) is 0 Å². The number of ether oxygens (including phenoxy) is 5. The smallest absolute Gasteiger partial charge is 0.330 e. The third kappa shape index (κ3) is 13.4. The second-order valence-corrected chi connectivity index (χ2v) is 14.0. The highest BCUT2D eigenvalue weighted by Gasteiger charge is 2.49. The zero-order valence-electron chi connectivity index (χ0n) is 30.0. The number of fused-ring (bicyclic) bond motifs is 3. The maximum Gasteiger partial charge on any atom is 0.330 e. The summed E-state index contributed by atoms with van der Waals surface area (Å²) in [5.41, 5.74) is 5.98. The van der Waals surface area contributed by atoms with Crippen LogP contribution in [-0.2, 0) is 28.5 Å². The van der Waals surface area contributed by atoms with Crippen molar-refractivity contribution < 1.29 is 58.8 Å². The van der Waals surface area contributed by atoms with Gasteiger partial charge in [-0.1, -0.05) is 48.6 Å². The summed E-state index contributed by atoms with van der Waals surface area (Å²) in [4.78, 5) is 27.1. The predicted molar refractivity (Wildman–Crippen MR) is 188 cm³/mol. The Morgan fingerprint density at radius 3 is 2.50 bits per heavy atom. The molecule has 4 rings (SSSR count). The van der Waals surface area contributed by atoms with Gasteiger partial charge < -0.3 is 70.5 Å². The minimum Gasteiger partial charge on any atom is -0.459 e. The molecule has 2 bridgehead atoms. The molecule has 0 radical (unpaired) electrons. The van der Waals surface area contributed by atoms with Crippen molar-refractivity contribution in [3.05, 3.63) is 60.8 Å². The molecule has 4 aliphatic heterocycles. The van der Waals surface area contributed by atoms with Crippen molar-refractivity contribution in [3.63, 3.8) is 0 Å². The van der Waals surface area contributed by atoms with Gasteiger partial charge in [0.1, 0.15) is 18.3 Å². The molecule has 6 unspecified atom stereocenters. The number of aliphatic hydroxyl groups is 5. The number of carbonyl (C=O) groups is 2. The molecule has 0 saturated carbocycles. The maximum absolute atomic E-state index is 12.9. The van der Waals surface area contributed by atoms with E-state index in [-0.39, 0.29) is 38.4 Å². The molecule has 16 heteroatoms. The summed E-state index contributed by atoms with van der Waals surface area (Å²) in [6, 6.07) is -2.61. The lowest BCUT2D eigenvalue weighted by Crippen LogP contribution is -2.63. The first-order valence-corrected chi connectivity index (χ1v) is 17.8. The number of nitrogens with two attached hydrogens (primary N) is 1. The van der Waals surface area contributed by atoms with Crippen molar-refractivity contribution in [1.82, 2.24) is 15.5 Å². The van der Waals surface area contributed by atoms with Gasteiger partial charge in [-0.25, -0.2) is 9.59 Å². The third-order valence-electron chi connectivity index (χ3n) is 9.08. The molecule has 3 saturated heterocycles. The molecular weight excluding hydrogens is 680 g/mol. The normalized spacial score (nSPS) is 42.4. The quantitative estimate of drug-likeness (QED) is 0.124. The summed E-state index contributed by atoms with van der Waals surface area (Å²) >= 11 is 0. The van der Waals surface area contributed by atoms with Crippen LogP contribution in [0.25, 0.3) is 0 Å². The number of carbonyl (C=O) groups excluding carboxylic acids is 2. The summed E-state index contributed by atoms with van der Waals surface area (Å²) in [5.74, 6) is -2.53. The largest absolute Gasteiger partial charge is 0.459 e. The Bertz CT molecular complexity index is 1310. The van der Waals surface area contributed by atoms with Crippen molar-refractivity contribution in [2.75, 3.05) is 33.8 Å². The van der Waals surface area contributed by atoms with E-state index in [9.17, 15) is 35.1 Å². The van der Waals surface area contributed by atoms with Gasteiger partial charge in [0.25, 0.3) is 0 Å². The van der Waals surface area contributed by atoms with Gasteiger partial charge in [0.2, 0.25) is 0 Å². The number of amides is 2. The lowest BCUT2D eigenvalue weighted by atomic mass is 9.87. The van der Waals surface area contributed by atoms with Gasteiger partial charge in [0, 0.05) is 51.3 Å². The van der Waals surface area contributed by atoms with Gasteiger partial charge in [0.05, 0.1) is 55.3 Å². The predicted octanol–water partition coefficient (Wildman–Crippen LogP) is -0.740. The van der Waals surface area contributed by atoms with Crippen molar-refractivity contribution in [3.8, 4) is 0 Å². The Kier molecular flexibility index (Phi) is 16.0. The second kappa shape index (κ2) is 19.9. The summed E-state index contributed by atoms with van der Waals surface area (Å²) in [5, 5.41) is 60.3. The number of aliphatic hydroxyl groups excluding tert-OH is 4. The molecular formula is C36H56N4O12. The van der Waals surface area contributed by atoms with Crippen LogP contribution in [0.1, 0.15) is 39.0 Å². The summed E-state index contributed by atoms with van der Waals surface area (Å²) < 4.78 is 28.9. The van der Waals surface area contributed by atoms with Crippen LogP contribution in [-0.4, -0.2) is 155 Å². The van der Waals surface area contributed by atoms with E-state index in [1.165, 1.54) is 6.08 Å². The summed E-state index contributed by atoms with van der Waals surface area (Å²) in [6.45, 7) is 2.51. The molecule has 13 atom stereocenters. The molecule has 4 aliphatic rings. The van der Waals surface area contributed by atoms with Gasteiger partial charge in [-0.15, -0.1) is 0 Å². The van der Waals surface area contributed by atoms with Gasteiger partial charge in [-0.05, 0) is 27.1 Å². The Morgan fingerprint density at radius 1 is 1.02 bits per heavy atom. The van der Waals surface area contributed by atoms with E-state index in [4.69, 9.17) is 29.4 Å². The molecule has 0 aromatic heterocycles. The fourth-order valence-electron chi connectivity index (χ4n) is 6.22. The second-order valence-electron chi connectivity index (χ2n) is 14.0. The van der Waals surface area contributed by atoms with Crippen molar-refractivity contribution in [2.24, 2.45) is 5.73 Å². The summed E-state index contributed by atoms with van der Waals surface area (Å²) in [6.07, 6.45) is 7.66. The maximum atomic E-state index is 12.9. The third-order valence-corrected chi connectivity index (χ3v) is 9.08. The Hall–Kier alpha value is -3.00. The number of nitrogens with one attached hydrogen (secondary N) is 2. The van der Waals surface area contributed by atoms with Crippen LogP contribution >= 0.6 is 0 Å². The summed E-state index contributed by atoms with van der Waals surface area (Å²) in [7, 11) is 3.73. The first-order valence-electron chi connectivity index (χ1n) is 17.8. The standard InChI is InChI=1S/C36H56N4O12/c1-22-11-9-7-5-4-6-8-10-12-24(50-34-33(45)31(37)26(43)21-48-34)18-29-32(39-35(46)38-15-16-40(2)3)25(42)20-36(47,52-29)19-23(41)17-28-27(51-28)13-14-30(44)49-22/h4-10,12-14,22-29,31-34,41-43,45,47H,11,15-21,37H2,1-3H3,(H2,38,39,46)/b5-4+,8-6+,9-7+,12-10+,14-13+/t22-,23?,24?,25+,26-,27-,28?,29+,31+,32?,33+,34?,36?/m1/s1. The molecule has 0 spiro atoms. The molecule has 52 heavy (non-hydrogen) atoms. The Labute approximate surface area is 304 Å². The lowest BCUT2D eigenvalue weighted by molar-refractivity contribution is -0.298. The monoisotopic (exact) mass is 736 g/mol. The zero-order valence-corrected chi connectivity index (χ0v) is 30.0. The van der Waals surface area contributed by atoms with E-state index >= 15 is 0 Å². The van der Waals surface area contributed by atoms with Gasteiger partial charge in [-0.3, -0.25) is 0 Å². The van der Waals surface area contributed by atoms with E-state index < -0.39 is 85.0 Å². The van der Waals surface area contributed by atoms with E-state index in [0.717, 1.165) is 0 Å². The number of nitrogens with zero attached hydrogens (tertiary/aromatic N) is 1. The highest BCUT2D eigenvalue weighted by molar-refractivity contribution is 5.82. The highest BCUT2D eigenvalue weighted by atomic mass is 16.7. The number of epoxide rings is 1. The average Bonchev–Trinajstić information content (AvgIpc) is 3.80. The van der Waals surface area contributed by atoms with Crippen LogP contribution in [0.4, 0.5) is 4.79 Å². The molecule has 16 nitrogen and oxygen atoms in total. The van der Waals surface area contributed by atoms with E-state index in [1.807, 2.05) is 31.1 Å². The van der Waals surface area contributed by atoms with Crippen molar-refractivity contribution in [1.29, 1.82) is 0 Å². The molecule has 0 aromatic carbocycles. The minimum atomic E-state index is -2.02. The van der Waals surface area contributed by atoms with Crippen LogP contribution in [0.3, 0.4) is 0 Å². The fraction of sp³-hybridized carbons (Fsp3) is 0.667. The zero-order chi connectivity index (χ0) is 37.8. The van der Waals surface area contributed by atoms with E-state index in [2.05, 4.69) is 10.6 Å².